The van der Waals surface area contributed by atoms with Crippen LogP contribution in [0.4, 0.5) is 15.3 Å². The third kappa shape index (κ3) is 4.82. The smallest absolute Gasteiger partial charge is 0.421 e. The number of carbonyl (C=O) groups excluding carboxylic acids is 3. The van der Waals surface area contributed by atoms with Crippen LogP contribution < -0.4 is 10.2 Å². The van der Waals surface area contributed by atoms with Gasteiger partial charge in [0.05, 0.1) is 5.69 Å². The predicted molar refractivity (Wildman–Crippen MR) is 103 cm³/mol. The predicted octanol–water partition coefficient (Wildman–Crippen LogP) is 2.97. The molecule has 1 aromatic carbocycles. The molecule has 158 valence electrons. The standard InChI is InChI=1S/C19H25N3O7/c1-17(2,3)28-15(24)20-19(11-21(26)27)12-9-7-8-10-13(12)22(14(19)23)16(25)29-18(4,5)6/h7-10H,11H2,1-6H3,(H,20,24)/t19-/m1/s1. The first-order valence-electron chi connectivity index (χ1n) is 8.96. The van der Waals surface area contributed by atoms with Gasteiger partial charge in [-0.1, -0.05) is 18.2 Å². The van der Waals surface area contributed by atoms with Crippen LogP contribution in [0.1, 0.15) is 47.1 Å². The number of nitrogens with one attached hydrogen (secondary N) is 1. The Morgan fingerprint density at radius 1 is 1.10 bits per heavy atom. The van der Waals surface area contributed by atoms with E-state index in [-0.39, 0.29) is 11.3 Å². The van der Waals surface area contributed by atoms with E-state index in [0.717, 1.165) is 0 Å². The number of hydrogen-bond donors (Lipinski definition) is 1. The first-order chi connectivity index (χ1) is 13.2. The number of imide groups is 1. The van der Waals surface area contributed by atoms with Crippen LogP contribution in [0.15, 0.2) is 24.3 Å². The summed E-state index contributed by atoms with van der Waals surface area (Å²) in [4.78, 5) is 49.8. The quantitative estimate of drug-likeness (QED) is 0.602. The fourth-order valence-electron chi connectivity index (χ4n) is 2.92. The highest BCUT2D eigenvalue weighted by Crippen LogP contribution is 2.41. The zero-order valence-electron chi connectivity index (χ0n) is 17.3. The molecule has 10 heteroatoms. The molecule has 0 aliphatic carbocycles. The molecule has 0 aromatic heterocycles. The summed E-state index contributed by atoms with van der Waals surface area (Å²) < 4.78 is 10.5. The van der Waals surface area contributed by atoms with Crippen LogP contribution in [0.2, 0.25) is 0 Å². The Kier molecular flexibility index (Phi) is 5.60. The van der Waals surface area contributed by atoms with Crippen molar-refractivity contribution < 1.29 is 28.8 Å². The summed E-state index contributed by atoms with van der Waals surface area (Å²) in [6.07, 6.45) is -2.01. The molecule has 1 aromatic rings. The number of carbonyl (C=O) groups is 3. The highest BCUT2D eigenvalue weighted by atomic mass is 16.6. The molecule has 0 saturated heterocycles. The fraction of sp³-hybridized carbons (Fsp3) is 0.526. The molecule has 10 nitrogen and oxygen atoms in total. The second-order valence-corrected chi connectivity index (χ2v) is 8.66. The van der Waals surface area contributed by atoms with Gasteiger partial charge in [-0.3, -0.25) is 20.2 Å². The number of hydrogen-bond acceptors (Lipinski definition) is 7. The average molecular weight is 407 g/mol. The molecule has 29 heavy (non-hydrogen) atoms. The summed E-state index contributed by atoms with van der Waals surface area (Å²) in [5.41, 5.74) is -3.70. The van der Waals surface area contributed by atoms with Gasteiger partial charge in [-0.25, -0.2) is 14.5 Å². The Labute approximate surface area is 168 Å². The van der Waals surface area contributed by atoms with Gasteiger partial charge < -0.3 is 9.47 Å². The monoisotopic (exact) mass is 407 g/mol. The minimum atomic E-state index is -2.11. The third-order valence-corrected chi connectivity index (χ3v) is 3.83. The molecule has 2 rings (SSSR count). The molecule has 0 fully saturated rings. The van der Waals surface area contributed by atoms with Crippen molar-refractivity contribution in [2.45, 2.75) is 58.3 Å². The van der Waals surface area contributed by atoms with Crippen LogP contribution in [0, 0.1) is 10.1 Å². The van der Waals surface area contributed by atoms with Gasteiger partial charge in [-0.2, -0.15) is 0 Å². The zero-order valence-corrected chi connectivity index (χ0v) is 17.3. The molecule has 0 saturated carbocycles. The normalized spacial score (nSPS) is 18.8. The maximum Gasteiger partial charge on any atom is 0.421 e. The lowest BCUT2D eigenvalue weighted by Gasteiger charge is -2.28. The number of alkyl carbamates (subject to hydrolysis) is 1. The number of fused-ring (bicyclic) bond motifs is 1. The minimum Gasteiger partial charge on any atom is -0.444 e. The summed E-state index contributed by atoms with van der Waals surface area (Å²) in [6.45, 7) is 8.75. The van der Waals surface area contributed by atoms with E-state index in [1.54, 1.807) is 53.7 Å². The van der Waals surface area contributed by atoms with Gasteiger partial charge >= 0.3 is 12.2 Å². The Morgan fingerprint density at radius 3 is 2.17 bits per heavy atom. The summed E-state index contributed by atoms with van der Waals surface area (Å²) in [5.74, 6) is -0.990. The van der Waals surface area contributed by atoms with Gasteiger partial charge in [0.2, 0.25) is 12.1 Å². The van der Waals surface area contributed by atoms with Crippen LogP contribution in [0.5, 0.6) is 0 Å². The average Bonchev–Trinajstić information content (AvgIpc) is 2.72. The number of rotatable bonds is 3. The minimum absolute atomic E-state index is 0.102. The van der Waals surface area contributed by atoms with E-state index < -0.39 is 46.3 Å². The van der Waals surface area contributed by atoms with E-state index >= 15 is 0 Å². The summed E-state index contributed by atoms with van der Waals surface area (Å²) >= 11 is 0. The molecule has 1 aliphatic heterocycles. The third-order valence-electron chi connectivity index (χ3n) is 3.83. The number of anilines is 1. The van der Waals surface area contributed by atoms with Crippen molar-refractivity contribution in [3.05, 3.63) is 39.9 Å². The second kappa shape index (κ2) is 7.34. The molecule has 0 spiro atoms. The lowest BCUT2D eigenvalue weighted by atomic mass is 9.91. The molecule has 1 aliphatic rings. The first kappa shape index (κ1) is 22.1. The SMILES string of the molecule is CC(C)(C)OC(=O)N[C@@]1(C[N+](=O)[O-])C(=O)N(C(=O)OC(C)(C)C)c2ccccc21. The van der Waals surface area contributed by atoms with Gasteiger partial charge in [0, 0.05) is 10.5 Å². The second-order valence-electron chi connectivity index (χ2n) is 8.66. The topological polar surface area (TPSA) is 128 Å². The number of nitro groups is 1. The molecule has 1 N–H and O–H groups in total. The van der Waals surface area contributed by atoms with Crippen molar-refractivity contribution in [2.24, 2.45) is 0 Å². The number of benzene rings is 1. The van der Waals surface area contributed by atoms with E-state index in [1.165, 1.54) is 12.1 Å². The van der Waals surface area contributed by atoms with Crippen LogP contribution in [0.3, 0.4) is 0 Å². The summed E-state index contributed by atoms with van der Waals surface area (Å²) in [5, 5.41) is 13.7. The summed E-state index contributed by atoms with van der Waals surface area (Å²) in [6, 6.07) is 6.02. The fourth-order valence-corrected chi connectivity index (χ4v) is 2.92. The molecule has 0 bridgehead atoms. The molecular weight excluding hydrogens is 382 g/mol. The number of nitrogens with zero attached hydrogens (tertiary/aromatic N) is 2. The molecular formula is C19H25N3O7. The lowest BCUT2D eigenvalue weighted by Crippen LogP contribution is -2.58. The van der Waals surface area contributed by atoms with Gasteiger partial charge in [-0.05, 0) is 47.6 Å². The lowest BCUT2D eigenvalue weighted by molar-refractivity contribution is -0.488. The van der Waals surface area contributed by atoms with Gasteiger partial charge in [-0.15, -0.1) is 0 Å². The maximum atomic E-state index is 13.3. The Morgan fingerprint density at radius 2 is 1.66 bits per heavy atom. The highest BCUT2D eigenvalue weighted by molar-refractivity contribution is 6.21. The van der Waals surface area contributed by atoms with E-state index in [1.807, 2.05) is 0 Å². The van der Waals surface area contributed by atoms with Crippen LogP contribution in [-0.4, -0.2) is 40.8 Å². The number of para-hydroxylation sites is 1. The zero-order chi connectivity index (χ0) is 22.2. The highest BCUT2D eigenvalue weighted by Gasteiger charge is 2.58. The molecule has 1 atom stereocenters. The largest absolute Gasteiger partial charge is 0.444 e. The van der Waals surface area contributed by atoms with Crippen LogP contribution in [0.25, 0.3) is 0 Å². The number of ether oxygens (including phenoxy) is 2. The molecule has 0 radical (unpaired) electrons. The van der Waals surface area contributed by atoms with Crippen molar-refractivity contribution in [2.75, 3.05) is 11.4 Å². The van der Waals surface area contributed by atoms with E-state index in [9.17, 15) is 24.5 Å². The van der Waals surface area contributed by atoms with Crippen LogP contribution >= 0.6 is 0 Å². The molecule has 3 amide bonds. The van der Waals surface area contributed by atoms with Gasteiger partial charge in [0.1, 0.15) is 11.2 Å². The van der Waals surface area contributed by atoms with Gasteiger partial charge in [0.25, 0.3) is 5.91 Å². The van der Waals surface area contributed by atoms with Crippen molar-refractivity contribution in [1.82, 2.24) is 5.32 Å². The van der Waals surface area contributed by atoms with Crippen molar-refractivity contribution in [3.63, 3.8) is 0 Å². The first-order valence-corrected chi connectivity index (χ1v) is 8.96. The Hall–Kier alpha value is -3.17. The van der Waals surface area contributed by atoms with E-state index in [4.69, 9.17) is 9.47 Å². The molecule has 1 heterocycles. The molecule has 0 unspecified atom stereocenters. The maximum absolute atomic E-state index is 13.3. The summed E-state index contributed by atoms with van der Waals surface area (Å²) in [7, 11) is 0. The Bertz CT molecular complexity index is 854. The van der Waals surface area contributed by atoms with Crippen molar-refractivity contribution >= 4 is 23.8 Å². The van der Waals surface area contributed by atoms with Crippen molar-refractivity contribution in [3.8, 4) is 0 Å². The van der Waals surface area contributed by atoms with Crippen LogP contribution in [-0.2, 0) is 19.8 Å². The van der Waals surface area contributed by atoms with E-state index in [2.05, 4.69) is 5.32 Å². The van der Waals surface area contributed by atoms with E-state index in [0.29, 0.717) is 4.90 Å². The van der Waals surface area contributed by atoms with Gasteiger partial charge in [0.15, 0.2) is 0 Å². The number of amides is 3. The Balaban J connectivity index is 2.56. The van der Waals surface area contributed by atoms with Crippen molar-refractivity contribution in [1.29, 1.82) is 0 Å².